The highest BCUT2D eigenvalue weighted by atomic mass is 35.5. The van der Waals surface area contributed by atoms with Crippen LogP contribution >= 0.6 is 34.8 Å². The van der Waals surface area contributed by atoms with Gasteiger partial charge in [-0.25, -0.2) is 8.42 Å². The van der Waals surface area contributed by atoms with E-state index >= 15 is 0 Å². The molecule has 1 aliphatic heterocycles. The van der Waals surface area contributed by atoms with Gasteiger partial charge in [0.2, 0.25) is 10.0 Å². The Balaban J connectivity index is 1.61. The van der Waals surface area contributed by atoms with Crippen LogP contribution in [0.5, 0.6) is 0 Å². The van der Waals surface area contributed by atoms with Gasteiger partial charge in [-0.2, -0.15) is 4.31 Å². The smallest absolute Gasteiger partial charge is 0.310 e. The van der Waals surface area contributed by atoms with Gasteiger partial charge in [0.05, 0.1) is 22.0 Å². The summed E-state index contributed by atoms with van der Waals surface area (Å²) in [4.78, 5) is 24.3. The second kappa shape index (κ2) is 10.9. The first-order valence-electron chi connectivity index (χ1n) is 9.86. The first-order chi connectivity index (χ1) is 15.2. The van der Waals surface area contributed by atoms with Crippen LogP contribution in [0.1, 0.15) is 24.8 Å². The number of amides is 1. The third kappa shape index (κ3) is 6.36. The summed E-state index contributed by atoms with van der Waals surface area (Å²) < 4.78 is 32.1. The van der Waals surface area contributed by atoms with Crippen LogP contribution < -0.4 is 5.32 Å². The van der Waals surface area contributed by atoms with E-state index in [9.17, 15) is 18.0 Å². The number of hydrogen-bond acceptors (Lipinski definition) is 5. The number of benzene rings is 2. The molecule has 3 rings (SSSR count). The van der Waals surface area contributed by atoms with Crippen LogP contribution in [0.4, 0.5) is 5.69 Å². The van der Waals surface area contributed by atoms with Crippen LogP contribution in [0.25, 0.3) is 0 Å². The summed E-state index contributed by atoms with van der Waals surface area (Å²) in [7, 11) is -3.69. The molecule has 1 aliphatic rings. The van der Waals surface area contributed by atoms with E-state index in [4.69, 9.17) is 39.5 Å². The lowest BCUT2D eigenvalue weighted by Gasteiger charge is -2.26. The number of rotatable bonds is 7. The van der Waals surface area contributed by atoms with Crippen molar-refractivity contribution in [2.75, 3.05) is 25.0 Å². The van der Waals surface area contributed by atoms with Crippen LogP contribution in [0.15, 0.2) is 41.3 Å². The van der Waals surface area contributed by atoms with Gasteiger partial charge < -0.3 is 10.1 Å². The molecule has 0 aliphatic carbocycles. The summed E-state index contributed by atoms with van der Waals surface area (Å²) >= 11 is 18.0. The molecule has 1 heterocycles. The molecule has 32 heavy (non-hydrogen) atoms. The Morgan fingerprint density at radius 3 is 2.38 bits per heavy atom. The van der Waals surface area contributed by atoms with E-state index in [1.165, 1.54) is 28.6 Å². The van der Waals surface area contributed by atoms with E-state index < -0.39 is 28.5 Å². The van der Waals surface area contributed by atoms with Crippen molar-refractivity contribution in [3.05, 3.63) is 57.0 Å². The van der Waals surface area contributed by atoms with E-state index in [1.54, 1.807) is 12.1 Å². The van der Waals surface area contributed by atoms with E-state index in [2.05, 4.69) is 5.32 Å². The lowest BCUT2D eigenvalue weighted by molar-refractivity contribution is -0.146. The Morgan fingerprint density at radius 1 is 0.969 bits per heavy atom. The van der Waals surface area contributed by atoms with Gasteiger partial charge in [0.1, 0.15) is 0 Å². The van der Waals surface area contributed by atoms with Crippen LogP contribution in [0.3, 0.4) is 0 Å². The standard InChI is InChI=1S/C21H21Cl3N2O5S/c22-15-5-4-14(18(24)11-15)10-21(28)31-13-20(27)25-19-12-16(6-7-17(19)23)32(29,30)26-8-2-1-3-9-26/h4-7,11-12H,1-3,8-10,13H2,(H,25,27). The Kier molecular flexibility index (Phi) is 8.41. The monoisotopic (exact) mass is 518 g/mol. The molecule has 1 saturated heterocycles. The second-order valence-corrected chi connectivity index (χ2v) is 10.4. The lowest BCUT2D eigenvalue weighted by Crippen LogP contribution is -2.35. The van der Waals surface area contributed by atoms with E-state index in [0.717, 1.165) is 19.3 Å². The number of nitrogens with zero attached hydrogens (tertiary/aromatic N) is 1. The molecule has 172 valence electrons. The zero-order valence-corrected chi connectivity index (χ0v) is 20.0. The fourth-order valence-electron chi connectivity index (χ4n) is 3.22. The molecular weight excluding hydrogens is 499 g/mol. The number of carbonyl (C=O) groups excluding carboxylic acids is 2. The molecule has 7 nitrogen and oxygen atoms in total. The normalized spacial score (nSPS) is 14.7. The zero-order chi connectivity index (χ0) is 23.3. The molecule has 1 amide bonds. The van der Waals surface area contributed by atoms with Gasteiger partial charge in [-0.05, 0) is 48.7 Å². The molecule has 0 bridgehead atoms. The maximum atomic E-state index is 12.9. The average Bonchev–Trinajstić information content (AvgIpc) is 2.76. The lowest BCUT2D eigenvalue weighted by atomic mass is 10.1. The summed E-state index contributed by atoms with van der Waals surface area (Å²) in [5, 5.41) is 3.41. The number of sulfonamides is 1. The van der Waals surface area contributed by atoms with Gasteiger partial charge in [-0.15, -0.1) is 0 Å². The topological polar surface area (TPSA) is 92.8 Å². The van der Waals surface area contributed by atoms with Crippen molar-refractivity contribution >= 4 is 62.4 Å². The Morgan fingerprint density at radius 2 is 1.69 bits per heavy atom. The van der Waals surface area contributed by atoms with Gasteiger partial charge >= 0.3 is 5.97 Å². The van der Waals surface area contributed by atoms with Gasteiger partial charge in [0.15, 0.2) is 6.61 Å². The maximum Gasteiger partial charge on any atom is 0.310 e. The summed E-state index contributed by atoms with van der Waals surface area (Å²) in [5.41, 5.74) is 0.631. The summed E-state index contributed by atoms with van der Waals surface area (Å²) in [6.07, 6.45) is 2.48. The molecule has 11 heteroatoms. The van der Waals surface area contributed by atoms with Crippen LogP contribution in [-0.2, 0) is 30.8 Å². The maximum absolute atomic E-state index is 12.9. The molecule has 1 N–H and O–H groups in total. The summed E-state index contributed by atoms with van der Waals surface area (Å²) in [5.74, 6) is -1.31. The number of piperidine rings is 1. The number of nitrogens with one attached hydrogen (secondary N) is 1. The van der Waals surface area contributed by atoms with Gasteiger partial charge in [-0.1, -0.05) is 47.3 Å². The Labute approximate surface area is 201 Å². The van der Waals surface area contributed by atoms with Gasteiger partial charge in [-0.3, -0.25) is 9.59 Å². The third-order valence-corrected chi connectivity index (χ3v) is 7.69. The number of ether oxygens (including phenoxy) is 1. The SMILES string of the molecule is O=C(COC(=O)Cc1ccc(Cl)cc1Cl)Nc1cc(S(=O)(=O)N2CCCCC2)ccc1Cl. The quantitative estimate of drug-likeness (QED) is 0.542. The summed E-state index contributed by atoms with van der Waals surface area (Å²) in [6.45, 7) is 0.351. The number of esters is 1. The van der Waals surface area contributed by atoms with Crippen molar-refractivity contribution in [1.29, 1.82) is 0 Å². The van der Waals surface area contributed by atoms with Crippen molar-refractivity contribution in [1.82, 2.24) is 4.31 Å². The van der Waals surface area contributed by atoms with Crippen LogP contribution in [0, 0.1) is 0 Å². The fraction of sp³-hybridized carbons (Fsp3) is 0.333. The van der Waals surface area contributed by atoms with Crippen molar-refractivity contribution in [2.45, 2.75) is 30.6 Å². The molecule has 0 unspecified atom stereocenters. The highest BCUT2D eigenvalue weighted by molar-refractivity contribution is 7.89. The predicted octanol–water partition coefficient (Wildman–Crippen LogP) is 4.55. The van der Waals surface area contributed by atoms with Crippen molar-refractivity contribution in [3.63, 3.8) is 0 Å². The average molecular weight is 520 g/mol. The zero-order valence-electron chi connectivity index (χ0n) is 16.9. The number of hydrogen-bond donors (Lipinski definition) is 1. The highest BCUT2D eigenvalue weighted by Gasteiger charge is 2.26. The third-order valence-electron chi connectivity index (χ3n) is 4.88. The van der Waals surface area contributed by atoms with E-state index in [1.807, 2.05) is 0 Å². The van der Waals surface area contributed by atoms with Gasteiger partial charge in [0, 0.05) is 23.1 Å². The van der Waals surface area contributed by atoms with Crippen molar-refractivity contribution in [2.24, 2.45) is 0 Å². The number of halogens is 3. The summed E-state index contributed by atoms with van der Waals surface area (Å²) in [6, 6.07) is 8.81. The molecular formula is C21H21Cl3N2O5S. The largest absolute Gasteiger partial charge is 0.455 e. The van der Waals surface area contributed by atoms with E-state index in [-0.39, 0.29) is 22.0 Å². The van der Waals surface area contributed by atoms with Crippen molar-refractivity contribution in [3.8, 4) is 0 Å². The molecule has 2 aromatic carbocycles. The number of anilines is 1. The highest BCUT2D eigenvalue weighted by Crippen LogP contribution is 2.28. The molecule has 0 aromatic heterocycles. The number of carbonyl (C=O) groups is 2. The molecule has 0 spiro atoms. The molecule has 1 fully saturated rings. The van der Waals surface area contributed by atoms with Crippen LogP contribution in [0.2, 0.25) is 15.1 Å². The van der Waals surface area contributed by atoms with E-state index in [0.29, 0.717) is 28.7 Å². The second-order valence-electron chi connectivity index (χ2n) is 7.23. The van der Waals surface area contributed by atoms with Crippen molar-refractivity contribution < 1.29 is 22.7 Å². The molecule has 0 radical (unpaired) electrons. The Hall–Kier alpha value is -1.84. The first-order valence-corrected chi connectivity index (χ1v) is 12.4. The van der Waals surface area contributed by atoms with Crippen LogP contribution in [-0.4, -0.2) is 44.3 Å². The fourth-order valence-corrected chi connectivity index (χ4v) is 5.40. The first kappa shape index (κ1) is 24.8. The Bertz CT molecular complexity index is 1120. The molecule has 0 saturated carbocycles. The minimum absolute atomic E-state index is 0.0356. The molecule has 2 aromatic rings. The minimum atomic E-state index is -3.69. The van der Waals surface area contributed by atoms with Gasteiger partial charge in [0.25, 0.3) is 5.91 Å². The minimum Gasteiger partial charge on any atom is -0.455 e. The molecule has 0 atom stereocenters. The predicted molar refractivity (Wildman–Crippen MR) is 124 cm³/mol.